The van der Waals surface area contributed by atoms with Gasteiger partial charge >= 0.3 is 0 Å². The molecule has 0 bridgehead atoms. The van der Waals surface area contributed by atoms with Gasteiger partial charge in [-0.05, 0) is 18.2 Å². The zero-order valence-electron chi connectivity index (χ0n) is 12.4. The summed E-state index contributed by atoms with van der Waals surface area (Å²) in [5.74, 6) is 0.0333. The van der Waals surface area contributed by atoms with Crippen LogP contribution in [0.25, 0.3) is 0 Å². The molecule has 2 rings (SSSR count). The van der Waals surface area contributed by atoms with Crippen molar-refractivity contribution in [2.45, 2.75) is 5.03 Å². The molecule has 2 aromatic rings. The minimum Gasteiger partial charge on any atom is -0.383 e. The van der Waals surface area contributed by atoms with Crippen LogP contribution in [0.2, 0.25) is 0 Å². The van der Waals surface area contributed by atoms with Crippen LogP contribution < -0.4 is 10.6 Å². The first kappa shape index (κ1) is 16.3. The lowest BCUT2D eigenvalue weighted by Crippen LogP contribution is -2.27. The minimum atomic E-state index is -0.130. The molecule has 0 spiro atoms. The van der Waals surface area contributed by atoms with Gasteiger partial charge in [0.05, 0.1) is 16.9 Å². The number of nitrogens with two attached hydrogens (primary N) is 1. The molecule has 23 heavy (non-hydrogen) atoms. The van der Waals surface area contributed by atoms with E-state index in [1.54, 1.807) is 7.05 Å². The molecule has 7 heteroatoms. The number of amides is 1. The Morgan fingerprint density at radius 1 is 1.26 bits per heavy atom. The van der Waals surface area contributed by atoms with Crippen LogP contribution in [0, 0.1) is 22.7 Å². The molecular weight excluding hydrogens is 310 g/mol. The number of hydrogen-bond donors (Lipinski definition) is 1. The Kier molecular flexibility index (Phi) is 5.19. The largest absolute Gasteiger partial charge is 0.383 e. The molecule has 0 aliphatic carbocycles. The zero-order chi connectivity index (χ0) is 16.8. The van der Waals surface area contributed by atoms with Crippen LogP contribution in [0.15, 0.2) is 41.4 Å². The molecule has 1 amide bonds. The van der Waals surface area contributed by atoms with Gasteiger partial charge < -0.3 is 10.6 Å². The number of para-hydroxylation sites is 1. The molecular formula is C16H13N5OS. The van der Waals surface area contributed by atoms with E-state index in [4.69, 9.17) is 16.3 Å². The third kappa shape index (κ3) is 3.79. The molecule has 0 unspecified atom stereocenters. The minimum absolute atomic E-state index is 0.0536. The summed E-state index contributed by atoms with van der Waals surface area (Å²) in [6, 6.07) is 14.5. The van der Waals surface area contributed by atoms with Gasteiger partial charge in [0.1, 0.15) is 23.0 Å². The SMILES string of the molecule is CN(C(=O)CSc1nc(N)c(C#N)cc1C#N)c1ccccc1. The molecule has 114 valence electrons. The fourth-order valence-electron chi connectivity index (χ4n) is 1.81. The van der Waals surface area contributed by atoms with E-state index < -0.39 is 0 Å². The Morgan fingerprint density at radius 3 is 2.52 bits per heavy atom. The number of rotatable bonds is 4. The van der Waals surface area contributed by atoms with E-state index >= 15 is 0 Å². The van der Waals surface area contributed by atoms with E-state index in [-0.39, 0.29) is 28.6 Å². The number of nitrogen functional groups attached to an aromatic ring is 1. The summed E-state index contributed by atoms with van der Waals surface area (Å²) in [4.78, 5) is 17.8. The number of thioether (sulfide) groups is 1. The molecule has 0 radical (unpaired) electrons. The van der Waals surface area contributed by atoms with Gasteiger partial charge in [-0.2, -0.15) is 10.5 Å². The molecule has 0 saturated carbocycles. The second kappa shape index (κ2) is 7.30. The first-order chi connectivity index (χ1) is 11.1. The van der Waals surface area contributed by atoms with E-state index in [9.17, 15) is 4.79 Å². The van der Waals surface area contributed by atoms with Crippen molar-refractivity contribution in [1.82, 2.24) is 4.98 Å². The normalized spacial score (nSPS) is 9.70. The van der Waals surface area contributed by atoms with Crippen molar-refractivity contribution >= 4 is 29.2 Å². The maximum atomic E-state index is 12.2. The van der Waals surface area contributed by atoms with Crippen molar-refractivity contribution in [2.75, 3.05) is 23.4 Å². The van der Waals surface area contributed by atoms with Gasteiger partial charge in [0, 0.05) is 12.7 Å². The number of hydrogen-bond acceptors (Lipinski definition) is 6. The highest BCUT2D eigenvalue weighted by molar-refractivity contribution is 8.00. The monoisotopic (exact) mass is 323 g/mol. The molecule has 6 nitrogen and oxygen atoms in total. The van der Waals surface area contributed by atoms with Gasteiger partial charge in [-0.15, -0.1) is 0 Å². The predicted octanol–water partition coefficient (Wildman–Crippen LogP) is 2.16. The average molecular weight is 323 g/mol. The number of aromatic nitrogens is 1. The lowest BCUT2D eigenvalue weighted by molar-refractivity contribution is -0.115. The number of carbonyl (C=O) groups excluding carboxylic acids is 1. The third-order valence-electron chi connectivity index (χ3n) is 3.11. The Hall–Kier alpha value is -3.03. The maximum Gasteiger partial charge on any atom is 0.237 e. The molecule has 2 N–H and O–H groups in total. The summed E-state index contributed by atoms with van der Waals surface area (Å²) in [7, 11) is 1.68. The Labute approximate surface area is 138 Å². The van der Waals surface area contributed by atoms with Gasteiger partial charge in [-0.25, -0.2) is 4.98 Å². The number of carbonyl (C=O) groups is 1. The quantitative estimate of drug-likeness (QED) is 0.864. The van der Waals surface area contributed by atoms with Gasteiger partial charge in [0.25, 0.3) is 0 Å². The van der Waals surface area contributed by atoms with Crippen molar-refractivity contribution in [3.63, 3.8) is 0 Å². The van der Waals surface area contributed by atoms with Crippen molar-refractivity contribution < 1.29 is 4.79 Å². The number of benzene rings is 1. The second-order valence-corrected chi connectivity index (χ2v) is 5.54. The number of nitrogens with zero attached hydrogens (tertiary/aromatic N) is 4. The lowest BCUT2D eigenvalue weighted by atomic mass is 10.2. The predicted molar refractivity (Wildman–Crippen MR) is 88.7 cm³/mol. The van der Waals surface area contributed by atoms with Crippen LogP contribution in [0.4, 0.5) is 11.5 Å². The summed E-state index contributed by atoms with van der Waals surface area (Å²) in [5, 5.41) is 18.4. The van der Waals surface area contributed by atoms with E-state index in [0.29, 0.717) is 5.03 Å². The van der Waals surface area contributed by atoms with E-state index in [0.717, 1.165) is 17.4 Å². The molecule has 0 saturated heterocycles. The van der Waals surface area contributed by atoms with Crippen LogP contribution in [0.3, 0.4) is 0 Å². The van der Waals surface area contributed by atoms with Crippen LogP contribution in [0.5, 0.6) is 0 Å². The third-order valence-corrected chi connectivity index (χ3v) is 4.08. The number of anilines is 2. The molecule has 0 atom stereocenters. The Balaban J connectivity index is 2.12. The Morgan fingerprint density at radius 2 is 1.91 bits per heavy atom. The lowest BCUT2D eigenvalue weighted by Gasteiger charge is -2.17. The first-order valence-electron chi connectivity index (χ1n) is 6.62. The van der Waals surface area contributed by atoms with Crippen molar-refractivity contribution in [3.8, 4) is 12.1 Å². The fraction of sp³-hybridized carbons (Fsp3) is 0.125. The highest BCUT2D eigenvalue weighted by atomic mass is 32.2. The van der Waals surface area contributed by atoms with Crippen molar-refractivity contribution in [3.05, 3.63) is 47.5 Å². The molecule has 1 aromatic carbocycles. The number of pyridine rings is 1. The second-order valence-electron chi connectivity index (χ2n) is 4.57. The van der Waals surface area contributed by atoms with Gasteiger partial charge in [0.15, 0.2) is 0 Å². The maximum absolute atomic E-state index is 12.2. The highest BCUT2D eigenvalue weighted by Crippen LogP contribution is 2.24. The summed E-state index contributed by atoms with van der Waals surface area (Å²) in [6.45, 7) is 0. The summed E-state index contributed by atoms with van der Waals surface area (Å²) >= 11 is 1.12. The van der Waals surface area contributed by atoms with Gasteiger partial charge in [-0.1, -0.05) is 30.0 Å². The molecule has 0 fully saturated rings. The standard InChI is InChI=1S/C16H13N5OS/c1-21(13-5-3-2-4-6-13)14(22)10-23-16-12(9-18)7-11(8-17)15(19)20-16/h2-7H,10H2,1H3,(H2,19,20). The smallest absolute Gasteiger partial charge is 0.237 e. The summed E-state index contributed by atoms with van der Waals surface area (Å²) < 4.78 is 0. The Bertz CT molecular complexity index is 808. The topological polar surface area (TPSA) is 107 Å². The fourth-order valence-corrected chi connectivity index (χ4v) is 2.69. The molecule has 0 aliphatic rings. The van der Waals surface area contributed by atoms with E-state index in [1.165, 1.54) is 11.0 Å². The highest BCUT2D eigenvalue weighted by Gasteiger charge is 2.15. The number of nitriles is 2. The van der Waals surface area contributed by atoms with Crippen LogP contribution in [0.1, 0.15) is 11.1 Å². The van der Waals surface area contributed by atoms with Gasteiger partial charge in [0.2, 0.25) is 5.91 Å². The first-order valence-corrected chi connectivity index (χ1v) is 7.60. The summed E-state index contributed by atoms with van der Waals surface area (Å²) in [6.07, 6.45) is 0. The van der Waals surface area contributed by atoms with Crippen LogP contribution in [-0.4, -0.2) is 23.7 Å². The summed E-state index contributed by atoms with van der Waals surface area (Å²) in [5.41, 5.74) is 6.83. The van der Waals surface area contributed by atoms with Gasteiger partial charge in [-0.3, -0.25) is 4.79 Å². The zero-order valence-corrected chi connectivity index (χ0v) is 13.2. The molecule has 1 aromatic heterocycles. The van der Waals surface area contributed by atoms with Crippen molar-refractivity contribution in [1.29, 1.82) is 10.5 Å². The van der Waals surface area contributed by atoms with E-state index in [1.807, 2.05) is 42.5 Å². The molecule has 0 aliphatic heterocycles. The van der Waals surface area contributed by atoms with Crippen LogP contribution in [-0.2, 0) is 4.79 Å². The van der Waals surface area contributed by atoms with Crippen molar-refractivity contribution in [2.24, 2.45) is 0 Å². The van der Waals surface area contributed by atoms with E-state index in [2.05, 4.69) is 4.98 Å². The molecule has 1 heterocycles. The average Bonchev–Trinajstić information content (AvgIpc) is 2.59. The van der Waals surface area contributed by atoms with Crippen LogP contribution >= 0.6 is 11.8 Å².